The molecule has 0 saturated heterocycles. The third kappa shape index (κ3) is 7.07. The van der Waals surface area contributed by atoms with Crippen molar-refractivity contribution >= 4 is 6.08 Å². The summed E-state index contributed by atoms with van der Waals surface area (Å²) >= 11 is 0. The second-order valence-corrected chi connectivity index (χ2v) is 8.95. The highest BCUT2D eigenvalue weighted by Gasteiger charge is 2.22. The second-order valence-electron chi connectivity index (χ2n) is 8.95. The van der Waals surface area contributed by atoms with Crippen LogP contribution in [0.3, 0.4) is 0 Å². The third-order valence-corrected chi connectivity index (χ3v) is 6.71. The summed E-state index contributed by atoms with van der Waals surface area (Å²) in [5.74, 6) is 1.63. The van der Waals surface area contributed by atoms with Crippen molar-refractivity contribution in [3.05, 3.63) is 65.7 Å². The van der Waals surface area contributed by atoms with Crippen molar-refractivity contribution in [2.24, 2.45) is 5.92 Å². The van der Waals surface area contributed by atoms with Gasteiger partial charge in [-0.15, -0.1) is 0 Å². The first-order valence-electron chi connectivity index (χ1n) is 11.9. The summed E-state index contributed by atoms with van der Waals surface area (Å²) in [6.07, 6.45) is 14.4. The minimum absolute atomic E-state index is 0.535. The number of unbranched alkanes of at least 4 members (excludes halogenated alkanes) is 5. The third-order valence-electron chi connectivity index (χ3n) is 6.71. The minimum Gasteiger partial charge on any atom is -0.173 e. The Bertz CT molecular complexity index is 761. The predicted molar refractivity (Wildman–Crippen MR) is 125 cm³/mol. The van der Waals surface area contributed by atoms with Crippen molar-refractivity contribution in [1.82, 2.24) is 0 Å². The van der Waals surface area contributed by atoms with Gasteiger partial charge in [0.2, 0.25) is 0 Å². The monoisotopic (exact) mass is 410 g/mol. The zero-order valence-electron chi connectivity index (χ0n) is 18.4. The highest BCUT2D eigenvalue weighted by atomic mass is 19.3. The number of hydrogen-bond acceptors (Lipinski definition) is 0. The zero-order valence-corrected chi connectivity index (χ0v) is 18.4. The Morgan fingerprint density at radius 3 is 1.93 bits per heavy atom. The van der Waals surface area contributed by atoms with Crippen molar-refractivity contribution in [3.63, 3.8) is 0 Å². The fraction of sp³-hybridized carbons (Fsp3) is 0.500. The van der Waals surface area contributed by atoms with E-state index in [1.54, 1.807) is 12.1 Å². The van der Waals surface area contributed by atoms with Gasteiger partial charge in [-0.05, 0) is 59.8 Å². The molecule has 0 aromatic heterocycles. The van der Waals surface area contributed by atoms with Gasteiger partial charge in [-0.25, -0.2) is 0 Å². The quantitative estimate of drug-likeness (QED) is 0.342. The topological polar surface area (TPSA) is 0 Å². The number of benzene rings is 2. The highest BCUT2D eigenvalue weighted by molar-refractivity contribution is 5.66. The summed E-state index contributed by atoms with van der Waals surface area (Å²) < 4.78 is 24.7. The van der Waals surface area contributed by atoms with Gasteiger partial charge in [0, 0.05) is 6.08 Å². The van der Waals surface area contributed by atoms with Crippen LogP contribution in [-0.4, -0.2) is 0 Å². The van der Waals surface area contributed by atoms with E-state index >= 15 is 0 Å². The van der Waals surface area contributed by atoms with E-state index < -0.39 is 6.08 Å². The Balaban J connectivity index is 1.45. The van der Waals surface area contributed by atoms with Crippen LogP contribution in [0.2, 0.25) is 0 Å². The average molecular weight is 411 g/mol. The largest absolute Gasteiger partial charge is 0.270 e. The van der Waals surface area contributed by atoms with E-state index in [0.29, 0.717) is 11.5 Å². The van der Waals surface area contributed by atoms with E-state index in [1.165, 1.54) is 76.2 Å². The van der Waals surface area contributed by atoms with Crippen molar-refractivity contribution in [1.29, 1.82) is 0 Å². The van der Waals surface area contributed by atoms with E-state index in [-0.39, 0.29) is 0 Å². The van der Waals surface area contributed by atoms with E-state index in [2.05, 4.69) is 31.2 Å². The molecule has 2 heteroatoms. The first-order chi connectivity index (χ1) is 14.7. The SMILES string of the molecule is CCCCCCCCC1CCC(c2ccc(-c3ccc(C=C(F)F)cc3)cc2)CC1. The smallest absolute Gasteiger partial charge is 0.173 e. The summed E-state index contributed by atoms with van der Waals surface area (Å²) in [6, 6.07) is 16.2. The molecule has 30 heavy (non-hydrogen) atoms. The molecular weight excluding hydrogens is 374 g/mol. The Labute approximate surface area is 181 Å². The van der Waals surface area contributed by atoms with Gasteiger partial charge in [-0.2, -0.15) is 8.78 Å². The normalized spacial score (nSPS) is 18.9. The van der Waals surface area contributed by atoms with E-state index in [1.807, 2.05) is 12.1 Å². The molecule has 0 spiro atoms. The standard InChI is InChI=1S/C28H36F2/c1-2-3-4-5-6-7-8-22-9-13-24(14-10-22)26-17-19-27(20-18-26)25-15-11-23(12-16-25)21-28(29)30/h11-12,15-22,24H,2-10,13-14H2,1H3. The summed E-state index contributed by atoms with van der Waals surface area (Å²) in [5, 5.41) is 0. The molecule has 2 aromatic rings. The Hall–Kier alpha value is -1.96. The van der Waals surface area contributed by atoms with Crippen molar-refractivity contribution in [3.8, 4) is 11.1 Å². The highest BCUT2D eigenvalue weighted by Crippen LogP contribution is 2.38. The molecule has 0 N–H and O–H groups in total. The van der Waals surface area contributed by atoms with Crippen LogP contribution in [0.15, 0.2) is 54.6 Å². The minimum atomic E-state index is -1.66. The first kappa shape index (κ1) is 22.7. The molecule has 0 bridgehead atoms. The molecule has 0 nitrogen and oxygen atoms in total. The molecule has 0 heterocycles. The lowest BCUT2D eigenvalue weighted by atomic mass is 9.77. The predicted octanol–water partition coefficient (Wildman–Crippen LogP) is 9.62. The molecule has 0 atom stereocenters. The summed E-state index contributed by atoms with van der Waals surface area (Å²) in [4.78, 5) is 0. The molecule has 2 aromatic carbocycles. The molecule has 3 rings (SSSR count). The van der Waals surface area contributed by atoms with Gasteiger partial charge in [0.05, 0.1) is 0 Å². The van der Waals surface area contributed by atoms with Crippen molar-refractivity contribution < 1.29 is 8.78 Å². The van der Waals surface area contributed by atoms with Gasteiger partial charge in [-0.3, -0.25) is 0 Å². The van der Waals surface area contributed by atoms with Crippen LogP contribution >= 0.6 is 0 Å². The van der Waals surface area contributed by atoms with Gasteiger partial charge in [0.1, 0.15) is 0 Å². The molecule has 1 aliphatic rings. The Morgan fingerprint density at radius 1 is 0.767 bits per heavy atom. The molecule has 0 aliphatic heterocycles. The average Bonchev–Trinajstić information content (AvgIpc) is 2.77. The maximum Gasteiger partial charge on any atom is 0.270 e. The van der Waals surface area contributed by atoms with E-state index in [4.69, 9.17) is 0 Å². The van der Waals surface area contributed by atoms with Crippen molar-refractivity contribution in [2.45, 2.75) is 83.5 Å². The molecule has 1 fully saturated rings. The number of rotatable bonds is 10. The van der Waals surface area contributed by atoms with Crippen LogP contribution in [0, 0.1) is 5.92 Å². The Morgan fingerprint density at radius 2 is 1.33 bits per heavy atom. The lowest BCUT2D eigenvalue weighted by Gasteiger charge is -2.29. The molecule has 1 saturated carbocycles. The van der Waals surface area contributed by atoms with E-state index in [9.17, 15) is 8.78 Å². The van der Waals surface area contributed by atoms with Gasteiger partial charge >= 0.3 is 0 Å². The van der Waals surface area contributed by atoms with Crippen LogP contribution in [-0.2, 0) is 0 Å². The lowest BCUT2D eigenvalue weighted by Crippen LogP contribution is -2.13. The Kier molecular flexibility index (Phi) is 9.11. The molecule has 1 aliphatic carbocycles. The van der Waals surface area contributed by atoms with Crippen LogP contribution < -0.4 is 0 Å². The van der Waals surface area contributed by atoms with Crippen LogP contribution in [0.5, 0.6) is 0 Å². The van der Waals surface area contributed by atoms with Crippen LogP contribution in [0.1, 0.15) is 94.6 Å². The summed E-state index contributed by atoms with van der Waals surface area (Å²) in [6.45, 7) is 2.28. The zero-order chi connectivity index (χ0) is 21.2. The second kappa shape index (κ2) is 12.0. The number of halogens is 2. The number of hydrogen-bond donors (Lipinski definition) is 0. The van der Waals surface area contributed by atoms with Crippen molar-refractivity contribution in [2.75, 3.05) is 0 Å². The van der Waals surface area contributed by atoms with Gasteiger partial charge < -0.3 is 0 Å². The molecule has 0 unspecified atom stereocenters. The molecule has 0 radical (unpaired) electrons. The first-order valence-corrected chi connectivity index (χ1v) is 11.9. The molecule has 0 amide bonds. The maximum absolute atomic E-state index is 12.4. The van der Waals surface area contributed by atoms with Gasteiger partial charge in [-0.1, -0.05) is 100 Å². The fourth-order valence-corrected chi connectivity index (χ4v) is 4.84. The van der Waals surface area contributed by atoms with Gasteiger partial charge in [0.15, 0.2) is 0 Å². The fourth-order valence-electron chi connectivity index (χ4n) is 4.84. The maximum atomic E-state index is 12.4. The molecule has 162 valence electrons. The van der Waals surface area contributed by atoms with Crippen LogP contribution in [0.25, 0.3) is 17.2 Å². The van der Waals surface area contributed by atoms with Crippen LogP contribution in [0.4, 0.5) is 8.78 Å². The lowest BCUT2D eigenvalue weighted by molar-refractivity contribution is 0.302. The molecular formula is C28H36F2. The van der Waals surface area contributed by atoms with E-state index in [0.717, 1.165) is 23.1 Å². The summed E-state index contributed by atoms with van der Waals surface area (Å²) in [5.41, 5.74) is 4.20. The van der Waals surface area contributed by atoms with Gasteiger partial charge in [0.25, 0.3) is 6.08 Å². The summed E-state index contributed by atoms with van der Waals surface area (Å²) in [7, 11) is 0.